The molecule has 0 radical (unpaired) electrons. The van der Waals surface area contributed by atoms with Gasteiger partial charge in [-0.1, -0.05) is 0 Å². The van der Waals surface area contributed by atoms with Gasteiger partial charge in [-0.2, -0.15) is 0 Å². The molecule has 4 atom stereocenters. The Hall–Kier alpha value is -1.83. The fraction of sp³-hybridized carbons (Fsp3) is 0.526. The predicted molar refractivity (Wildman–Crippen MR) is 96.6 cm³/mol. The summed E-state index contributed by atoms with van der Waals surface area (Å²) in [7, 11) is 0. The van der Waals surface area contributed by atoms with E-state index >= 15 is 0 Å². The first-order valence-corrected chi connectivity index (χ1v) is 9.96. The summed E-state index contributed by atoms with van der Waals surface area (Å²) in [5, 5.41) is 10.6. The largest absolute Gasteiger partial charge is 0.488 e. The van der Waals surface area contributed by atoms with Crippen molar-refractivity contribution in [2.75, 3.05) is 19.9 Å². The van der Waals surface area contributed by atoms with Crippen molar-refractivity contribution >= 4 is 11.3 Å². The van der Waals surface area contributed by atoms with Gasteiger partial charge < -0.3 is 19.3 Å². The van der Waals surface area contributed by atoms with Crippen molar-refractivity contribution in [1.29, 1.82) is 0 Å². The number of ether oxygens (including phenoxy) is 3. The molecule has 2 aliphatic heterocycles. The Labute approximate surface area is 156 Å². The quantitative estimate of drug-likeness (QED) is 0.887. The Morgan fingerprint density at radius 2 is 2.04 bits per heavy atom. The lowest BCUT2D eigenvalue weighted by Gasteiger charge is -2.35. The monoisotopic (exact) mass is 374 g/mol. The molecule has 1 saturated carbocycles. The standard InChI is InChI=1S/C19H22N2O4S/c22-16-3-12-7-21(9-15-6-20-10-26-15)8-13(12)4-18(16)25-14-1-2-17-19(5-14)24-11-23-17/h1-2,5-6,10,12-13,16,18,22H,3-4,7-9,11H2/t12-,13+,16+,18+/m0/s1. The van der Waals surface area contributed by atoms with Crippen LogP contribution in [0.5, 0.6) is 17.2 Å². The first-order valence-electron chi connectivity index (χ1n) is 9.08. The highest BCUT2D eigenvalue weighted by Crippen LogP contribution is 2.40. The minimum atomic E-state index is -0.426. The number of hydrogen-bond acceptors (Lipinski definition) is 7. The predicted octanol–water partition coefficient (Wildman–Crippen LogP) is 2.52. The molecule has 0 bridgehead atoms. The first-order chi connectivity index (χ1) is 12.7. The topological polar surface area (TPSA) is 64.1 Å². The van der Waals surface area contributed by atoms with Crippen LogP contribution in [0.15, 0.2) is 29.9 Å². The molecule has 2 fully saturated rings. The zero-order valence-electron chi connectivity index (χ0n) is 14.4. The van der Waals surface area contributed by atoms with Gasteiger partial charge >= 0.3 is 0 Å². The number of hydrogen-bond donors (Lipinski definition) is 1. The number of likely N-dealkylation sites (tertiary alicyclic amines) is 1. The molecule has 5 rings (SSSR count). The van der Waals surface area contributed by atoms with Crippen LogP contribution in [-0.2, 0) is 6.54 Å². The fourth-order valence-electron chi connectivity index (χ4n) is 4.41. The Kier molecular flexibility index (Phi) is 4.23. The van der Waals surface area contributed by atoms with E-state index in [0.29, 0.717) is 17.6 Å². The van der Waals surface area contributed by atoms with Gasteiger partial charge in [0.2, 0.25) is 6.79 Å². The van der Waals surface area contributed by atoms with Crippen LogP contribution in [0.3, 0.4) is 0 Å². The molecular weight excluding hydrogens is 352 g/mol. The minimum absolute atomic E-state index is 0.167. The molecule has 0 amide bonds. The van der Waals surface area contributed by atoms with Crippen molar-refractivity contribution in [1.82, 2.24) is 9.88 Å². The third-order valence-corrected chi connectivity index (χ3v) is 6.42. The van der Waals surface area contributed by atoms with Crippen LogP contribution in [0.4, 0.5) is 0 Å². The number of rotatable bonds is 4. The van der Waals surface area contributed by atoms with Crippen molar-refractivity contribution < 1.29 is 19.3 Å². The van der Waals surface area contributed by atoms with E-state index in [2.05, 4.69) is 9.88 Å². The number of aliphatic hydroxyl groups is 1. The normalized spacial score (nSPS) is 30.3. The van der Waals surface area contributed by atoms with E-state index in [4.69, 9.17) is 14.2 Å². The highest BCUT2D eigenvalue weighted by molar-refractivity contribution is 7.09. The van der Waals surface area contributed by atoms with Crippen LogP contribution in [0.25, 0.3) is 0 Å². The summed E-state index contributed by atoms with van der Waals surface area (Å²) in [6.07, 6.45) is 3.05. The molecule has 2 aromatic rings. The molecule has 0 unspecified atom stereocenters. The molecule has 6 nitrogen and oxygen atoms in total. The van der Waals surface area contributed by atoms with Crippen LogP contribution in [-0.4, -0.2) is 47.1 Å². The zero-order valence-corrected chi connectivity index (χ0v) is 15.2. The second-order valence-electron chi connectivity index (χ2n) is 7.39. The average molecular weight is 374 g/mol. The van der Waals surface area contributed by atoms with E-state index in [9.17, 15) is 5.11 Å². The molecule has 1 aliphatic carbocycles. The molecule has 1 aromatic heterocycles. The number of aromatic nitrogens is 1. The molecule has 1 aromatic carbocycles. The second kappa shape index (κ2) is 6.72. The van der Waals surface area contributed by atoms with Gasteiger partial charge in [-0.3, -0.25) is 9.88 Å². The third kappa shape index (κ3) is 3.15. The number of aliphatic hydroxyl groups excluding tert-OH is 1. The van der Waals surface area contributed by atoms with Crippen molar-refractivity contribution in [2.45, 2.75) is 31.6 Å². The second-order valence-corrected chi connectivity index (χ2v) is 8.36. The van der Waals surface area contributed by atoms with Crippen molar-refractivity contribution in [3.8, 4) is 17.2 Å². The number of benzene rings is 1. The smallest absolute Gasteiger partial charge is 0.231 e. The van der Waals surface area contributed by atoms with Crippen molar-refractivity contribution in [3.05, 3.63) is 34.8 Å². The van der Waals surface area contributed by atoms with Crippen LogP contribution in [0.2, 0.25) is 0 Å². The summed E-state index contributed by atoms with van der Waals surface area (Å²) >= 11 is 1.71. The molecule has 1 saturated heterocycles. The Morgan fingerprint density at radius 3 is 2.88 bits per heavy atom. The summed E-state index contributed by atoms with van der Waals surface area (Å²) in [5.74, 6) is 3.31. The number of fused-ring (bicyclic) bond motifs is 2. The van der Waals surface area contributed by atoms with Gasteiger partial charge in [0.15, 0.2) is 11.5 Å². The molecule has 3 heterocycles. The maximum absolute atomic E-state index is 10.6. The maximum Gasteiger partial charge on any atom is 0.231 e. The summed E-state index contributed by atoms with van der Waals surface area (Å²) in [6.45, 7) is 3.33. The molecule has 138 valence electrons. The van der Waals surface area contributed by atoms with E-state index in [1.807, 2.05) is 29.9 Å². The maximum atomic E-state index is 10.6. The van der Waals surface area contributed by atoms with Gasteiger partial charge in [0.1, 0.15) is 11.9 Å². The van der Waals surface area contributed by atoms with Gasteiger partial charge in [0, 0.05) is 36.8 Å². The summed E-state index contributed by atoms with van der Waals surface area (Å²) in [5.41, 5.74) is 1.89. The SMILES string of the molecule is O[C@@H]1C[C@H]2CN(Cc3cncs3)C[C@H]2C[C@H]1Oc1ccc2c(c1)OCO2. The first kappa shape index (κ1) is 16.4. The van der Waals surface area contributed by atoms with Gasteiger partial charge in [0.25, 0.3) is 0 Å². The molecule has 26 heavy (non-hydrogen) atoms. The summed E-state index contributed by atoms with van der Waals surface area (Å²) in [4.78, 5) is 7.95. The lowest BCUT2D eigenvalue weighted by molar-refractivity contribution is -0.0232. The zero-order chi connectivity index (χ0) is 17.5. The van der Waals surface area contributed by atoms with Crippen LogP contribution in [0, 0.1) is 11.8 Å². The highest BCUT2D eigenvalue weighted by atomic mass is 32.1. The van der Waals surface area contributed by atoms with E-state index in [-0.39, 0.29) is 12.9 Å². The number of nitrogens with zero attached hydrogens (tertiary/aromatic N) is 2. The Morgan fingerprint density at radius 1 is 1.19 bits per heavy atom. The van der Waals surface area contributed by atoms with Crippen molar-refractivity contribution in [3.63, 3.8) is 0 Å². The van der Waals surface area contributed by atoms with Crippen LogP contribution >= 0.6 is 11.3 Å². The Balaban J connectivity index is 1.23. The van der Waals surface area contributed by atoms with Crippen LogP contribution < -0.4 is 14.2 Å². The minimum Gasteiger partial charge on any atom is -0.488 e. The molecular formula is C19H22N2O4S. The van der Waals surface area contributed by atoms with Crippen molar-refractivity contribution in [2.24, 2.45) is 11.8 Å². The van der Waals surface area contributed by atoms with E-state index in [1.165, 1.54) is 4.88 Å². The van der Waals surface area contributed by atoms with Gasteiger partial charge in [-0.15, -0.1) is 11.3 Å². The van der Waals surface area contributed by atoms with E-state index in [0.717, 1.165) is 44.0 Å². The van der Waals surface area contributed by atoms with Crippen LogP contribution in [0.1, 0.15) is 17.7 Å². The molecule has 1 N–H and O–H groups in total. The summed E-state index contributed by atoms with van der Waals surface area (Å²) in [6, 6.07) is 5.60. The van der Waals surface area contributed by atoms with E-state index < -0.39 is 6.10 Å². The number of thiazole rings is 1. The lowest BCUT2D eigenvalue weighted by atomic mass is 9.78. The van der Waals surface area contributed by atoms with E-state index in [1.54, 1.807) is 11.3 Å². The average Bonchev–Trinajstić information content (AvgIpc) is 3.35. The Bertz CT molecular complexity index is 769. The molecule has 7 heteroatoms. The van der Waals surface area contributed by atoms with Gasteiger partial charge in [-0.25, -0.2) is 0 Å². The third-order valence-electron chi connectivity index (χ3n) is 5.65. The fourth-order valence-corrected chi connectivity index (χ4v) is 5.04. The highest BCUT2D eigenvalue weighted by Gasteiger charge is 2.42. The lowest BCUT2D eigenvalue weighted by Crippen LogP contribution is -2.42. The molecule has 3 aliphatic rings. The molecule has 0 spiro atoms. The summed E-state index contributed by atoms with van der Waals surface area (Å²) < 4.78 is 16.9. The van der Waals surface area contributed by atoms with Gasteiger partial charge in [0.05, 0.1) is 11.6 Å². The van der Waals surface area contributed by atoms with Gasteiger partial charge in [-0.05, 0) is 36.8 Å².